The van der Waals surface area contributed by atoms with E-state index in [0.29, 0.717) is 0 Å². The van der Waals surface area contributed by atoms with Gasteiger partial charge in [-0.2, -0.15) is 0 Å². The van der Waals surface area contributed by atoms with Crippen LogP contribution in [0.5, 0.6) is 0 Å². The van der Waals surface area contributed by atoms with Gasteiger partial charge in [0.25, 0.3) is 0 Å². The van der Waals surface area contributed by atoms with E-state index in [1.807, 2.05) is 60.0 Å². The quantitative estimate of drug-likeness (QED) is 0.419. The van der Waals surface area contributed by atoms with Crippen LogP contribution < -0.4 is 0 Å². The number of nitrogens with zero attached hydrogens (tertiary/aromatic N) is 2. The zero-order chi connectivity index (χ0) is 17.2. The van der Waals surface area contributed by atoms with Crippen molar-refractivity contribution < 1.29 is 4.92 Å². The summed E-state index contributed by atoms with van der Waals surface area (Å²) in [4.78, 5) is 19.0. The lowest BCUT2D eigenvalue weighted by atomic mass is 9.89. The summed E-state index contributed by atoms with van der Waals surface area (Å²) in [6.07, 6.45) is 1.75. The summed E-state index contributed by atoms with van der Waals surface area (Å²) in [5.74, 6) is -0.341. The van der Waals surface area contributed by atoms with E-state index in [4.69, 9.17) is 0 Å². The molecule has 4 aromatic rings. The van der Waals surface area contributed by atoms with Crippen molar-refractivity contribution >= 4 is 22.2 Å². The van der Waals surface area contributed by atoms with Gasteiger partial charge in [-0.25, -0.2) is 4.98 Å². The fourth-order valence-corrected chi connectivity index (χ4v) is 3.89. The largest absolute Gasteiger partial charge is 0.352 e. The molecule has 0 bridgehead atoms. The third kappa shape index (κ3) is 2.92. The first kappa shape index (κ1) is 15.5. The van der Waals surface area contributed by atoms with Gasteiger partial charge in [-0.05, 0) is 11.6 Å². The van der Waals surface area contributed by atoms with Gasteiger partial charge in [0.2, 0.25) is 6.54 Å². The Morgan fingerprint density at radius 2 is 1.88 bits per heavy atom. The predicted octanol–water partition coefficient (Wildman–Crippen LogP) is 4.70. The Balaban J connectivity index is 1.99. The summed E-state index contributed by atoms with van der Waals surface area (Å²) >= 11 is 1.52. The molecule has 2 heterocycles. The molecule has 0 amide bonds. The van der Waals surface area contributed by atoms with Gasteiger partial charge in [0.1, 0.15) is 5.01 Å². The number of aromatic amines is 1. The SMILES string of the molecule is O=[N+]([O-])CC(c1ccccc1)c1c(-c2nccs2)[nH]c2ccccc12. The van der Waals surface area contributed by atoms with E-state index in [9.17, 15) is 10.1 Å². The van der Waals surface area contributed by atoms with Crippen LogP contribution in [-0.2, 0) is 0 Å². The summed E-state index contributed by atoms with van der Waals surface area (Å²) in [6.45, 7) is -0.162. The molecule has 124 valence electrons. The molecule has 1 atom stereocenters. The van der Waals surface area contributed by atoms with Crippen LogP contribution in [0, 0.1) is 10.1 Å². The Bertz CT molecular complexity index is 1010. The van der Waals surface area contributed by atoms with Crippen LogP contribution in [-0.4, -0.2) is 21.4 Å². The van der Waals surface area contributed by atoms with Crippen molar-refractivity contribution in [2.75, 3.05) is 6.54 Å². The number of thiazole rings is 1. The van der Waals surface area contributed by atoms with Crippen LogP contribution in [0.1, 0.15) is 17.0 Å². The summed E-state index contributed by atoms with van der Waals surface area (Å²) in [6, 6.07) is 17.6. The van der Waals surface area contributed by atoms with Crippen LogP contribution in [0.15, 0.2) is 66.2 Å². The number of nitrogens with one attached hydrogen (secondary N) is 1. The topological polar surface area (TPSA) is 71.8 Å². The summed E-state index contributed by atoms with van der Waals surface area (Å²) < 4.78 is 0. The van der Waals surface area contributed by atoms with Crippen LogP contribution in [0.2, 0.25) is 0 Å². The van der Waals surface area contributed by atoms with Crippen molar-refractivity contribution in [3.05, 3.63) is 87.4 Å². The maximum atomic E-state index is 11.4. The summed E-state index contributed by atoms with van der Waals surface area (Å²) in [5, 5.41) is 15.2. The van der Waals surface area contributed by atoms with Gasteiger partial charge in [-0.15, -0.1) is 11.3 Å². The number of aromatic nitrogens is 2. The molecule has 0 saturated carbocycles. The van der Waals surface area contributed by atoms with Crippen molar-refractivity contribution in [2.45, 2.75) is 5.92 Å². The third-order valence-corrected chi connectivity index (χ3v) is 5.07. The molecule has 2 aromatic heterocycles. The lowest BCUT2D eigenvalue weighted by molar-refractivity contribution is -0.481. The molecule has 2 aromatic carbocycles. The van der Waals surface area contributed by atoms with Crippen molar-refractivity contribution in [3.8, 4) is 10.7 Å². The van der Waals surface area contributed by atoms with E-state index in [2.05, 4.69) is 9.97 Å². The van der Waals surface area contributed by atoms with Crippen LogP contribution in [0.4, 0.5) is 0 Å². The average molecular weight is 349 g/mol. The predicted molar refractivity (Wildman–Crippen MR) is 99.6 cm³/mol. The van der Waals surface area contributed by atoms with Crippen LogP contribution in [0.3, 0.4) is 0 Å². The highest BCUT2D eigenvalue weighted by Crippen LogP contribution is 2.39. The maximum absolute atomic E-state index is 11.4. The maximum Gasteiger partial charge on any atom is 0.214 e. The molecule has 0 spiro atoms. The molecular weight excluding hydrogens is 334 g/mol. The highest BCUT2D eigenvalue weighted by Gasteiger charge is 2.28. The Morgan fingerprint density at radius 3 is 2.60 bits per heavy atom. The molecule has 5 nitrogen and oxygen atoms in total. The second kappa shape index (κ2) is 6.49. The molecule has 25 heavy (non-hydrogen) atoms. The zero-order valence-corrected chi connectivity index (χ0v) is 14.1. The molecule has 0 saturated heterocycles. The summed E-state index contributed by atoms with van der Waals surface area (Å²) in [7, 11) is 0. The molecule has 0 aliphatic heterocycles. The average Bonchev–Trinajstić information content (AvgIpc) is 3.28. The Labute approximate surface area is 148 Å². The Morgan fingerprint density at radius 1 is 1.12 bits per heavy atom. The van der Waals surface area contributed by atoms with Gasteiger partial charge < -0.3 is 4.98 Å². The number of hydrogen-bond donors (Lipinski definition) is 1. The molecule has 0 radical (unpaired) electrons. The molecular formula is C19H15N3O2S. The fourth-order valence-electron chi connectivity index (χ4n) is 3.24. The minimum Gasteiger partial charge on any atom is -0.352 e. The minimum absolute atomic E-state index is 0.162. The van der Waals surface area contributed by atoms with E-state index in [0.717, 1.165) is 32.7 Å². The number of fused-ring (bicyclic) bond motifs is 1. The first-order chi connectivity index (χ1) is 12.2. The Hall–Kier alpha value is -2.99. The van der Waals surface area contributed by atoms with E-state index >= 15 is 0 Å². The molecule has 0 fully saturated rings. The first-order valence-corrected chi connectivity index (χ1v) is 8.79. The highest BCUT2D eigenvalue weighted by atomic mass is 32.1. The van der Waals surface area contributed by atoms with E-state index < -0.39 is 0 Å². The van der Waals surface area contributed by atoms with Crippen LogP contribution in [0.25, 0.3) is 21.6 Å². The fraction of sp³-hybridized carbons (Fsp3) is 0.105. The minimum atomic E-state index is -0.341. The lowest BCUT2D eigenvalue weighted by Gasteiger charge is -2.15. The number of H-pyrrole nitrogens is 1. The van der Waals surface area contributed by atoms with Gasteiger partial charge in [0, 0.05) is 33.0 Å². The first-order valence-electron chi connectivity index (χ1n) is 7.91. The standard InChI is InChI=1S/C19H15N3O2S/c23-22(24)12-15(13-6-2-1-3-7-13)17-14-8-4-5-9-16(14)21-18(17)19-20-10-11-25-19/h1-11,15,21H,12H2. The highest BCUT2D eigenvalue weighted by molar-refractivity contribution is 7.13. The van der Waals surface area contributed by atoms with Gasteiger partial charge in [0.05, 0.1) is 11.6 Å². The number of para-hydroxylation sites is 1. The zero-order valence-electron chi connectivity index (χ0n) is 13.3. The molecule has 1 N–H and O–H groups in total. The molecule has 4 rings (SSSR count). The summed E-state index contributed by atoms with van der Waals surface area (Å²) in [5.41, 5.74) is 3.70. The van der Waals surface area contributed by atoms with Crippen molar-refractivity contribution in [2.24, 2.45) is 0 Å². The Kier molecular flexibility index (Phi) is 4.03. The van der Waals surface area contributed by atoms with Gasteiger partial charge in [0.15, 0.2) is 0 Å². The molecule has 1 unspecified atom stereocenters. The van der Waals surface area contributed by atoms with Gasteiger partial charge in [-0.3, -0.25) is 10.1 Å². The number of nitro groups is 1. The second-order valence-electron chi connectivity index (χ2n) is 5.78. The monoisotopic (exact) mass is 349 g/mol. The molecule has 6 heteroatoms. The normalized spacial score (nSPS) is 12.3. The molecule has 0 aliphatic rings. The van der Waals surface area contributed by atoms with Gasteiger partial charge >= 0.3 is 0 Å². The van der Waals surface area contributed by atoms with Gasteiger partial charge in [-0.1, -0.05) is 48.5 Å². The van der Waals surface area contributed by atoms with Crippen LogP contribution >= 0.6 is 11.3 Å². The van der Waals surface area contributed by atoms with Crippen molar-refractivity contribution in [1.29, 1.82) is 0 Å². The number of hydrogen-bond acceptors (Lipinski definition) is 4. The smallest absolute Gasteiger partial charge is 0.214 e. The second-order valence-corrected chi connectivity index (χ2v) is 6.67. The van der Waals surface area contributed by atoms with E-state index in [1.54, 1.807) is 6.20 Å². The van der Waals surface area contributed by atoms with E-state index in [-0.39, 0.29) is 17.4 Å². The lowest BCUT2D eigenvalue weighted by Crippen LogP contribution is -2.14. The third-order valence-electron chi connectivity index (χ3n) is 4.27. The molecule has 0 aliphatic carbocycles. The number of benzene rings is 2. The van der Waals surface area contributed by atoms with Crippen molar-refractivity contribution in [3.63, 3.8) is 0 Å². The number of rotatable bonds is 5. The van der Waals surface area contributed by atoms with E-state index in [1.165, 1.54) is 11.3 Å². The van der Waals surface area contributed by atoms with Crippen molar-refractivity contribution in [1.82, 2.24) is 9.97 Å².